The monoisotopic (exact) mass is 530 g/mol. The van der Waals surface area contributed by atoms with Gasteiger partial charge in [-0.05, 0) is 30.7 Å². The highest BCUT2D eigenvalue weighted by molar-refractivity contribution is 14.0. The molecule has 0 bridgehead atoms. The maximum atomic E-state index is 13.9. The fourth-order valence-electron chi connectivity index (χ4n) is 3.50. The molecule has 2 aromatic rings. The van der Waals surface area contributed by atoms with Crippen LogP contribution in [0, 0.1) is 18.6 Å². The Hall–Kier alpha value is -1.78. The van der Waals surface area contributed by atoms with E-state index < -0.39 is 11.6 Å². The second-order valence-corrected chi connectivity index (χ2v) is 7.12. The molecule has 0 aliphatic carbocycles. The summed E-state index contributed by atoms with van der Waals surface area (Å²) in [6.07, 6.45) is 0. The molecule has 1 unspecified atom stereocenters. The van der Waals surface area contributed by atoms with Gasteiger partial charge in [-0.15, -0.1) is 24.0 Å². The van der Waals surface area contributed by atoms with Gasteiger partial charge < -0.3 is 15.4 Å². The number of hydrogen-bond acceptors (Lipinski definition) is 3. The van der Waals surface area contributed by atoms with Crippen molar-refractivity contribution in [2.75, 3.05) is 39.9 Å². The van der Waals surface area contributed by atoms with Crippen molar-refractivity contribution in [3.8, 4) is 0 Å². The quantitative estimate of drug-likeness (QED) is 0.341. The standard InChI is InChI=1S/C22H28F2N4O.HI/c1-16-4-3-5-17(12-16)21(28-8-10-29-11-9-28)15-27-22(25-2)26-14-18-13-19(23)6-7-20(18)24;/h3-7,12-13,21H,8-11,14-15H2,1-2H3,(H2,25,26,27);1H. The predicted molar refractivity (Wildman–Crippen MR) is 126 cm³/mol. The molecule has 1 saturated heterocycles. The molecule has 1 atom stereocenters. The van der Waals surface area contributed by atoms with Crippen molar-refractivity contribution in [3.63, 3.8) is 0 Å². The van der Waals surface area contributed by atoms with E-state index in [0.29, 0.717) is 25.7 Å². The first-order valence-corrected chi connectivity index (χ1v) is 9.83. The summed E-state index contributed by atoms with van der Waals surface area (Å²) in [6, 6.07) is 12.1. The van der Waals surface area contributed by atoms with Crippen molar-refractivity contribution in [1.29, 1.82) is 0 Å². The van der Waals surface area contributed by atoms with Gasteiger partial charge in [-0.2, -0.15) is 0 Å². The molecule has 1 fully saturated rings. The maximum absolute atomic E-state index is 13.9. The van der Waals surface area contributed by atoms with E-state index in [2.05, 4.69) is 51.7 Å². The predicted octanol–water partition coefficient (Wildman–Crippen LogP) is 3.63. The molecule has 8 heteroatoms. The Labute approximate surface area is 193 Å². The van der Waals surface area contributed by atoms with Crippen LogP contribution >= 0.6 is 24.0 Å². The van der Waals surface area contributed by atoms with Gasteiger partial charge in [0.2, 0.25) is 0 Å². The zero-order valence-electron chi connectivity index (χ0n) is 17.3. The van der Waals surface area contributed by atoms with Gasteiger partial charge in [0.1, 0.15) is 11.6 Å². The normalized spacial score (nSPS) is 15.9. The molecule has 2 aromatic carbocycles. The summed E-state index contributed by atoms with van der Waals surface area (Å²) in [5, 5.41) is 6.39. The minimum atomic E-state index is -0.460. The van der Waals surface area contributed by atoms with Crippen LogP contribution in [0.2, 0.25) is 0 Å². The van der Waals surface area contributed by atoms with Crippen LogP contribution in [0.3, 0.4) is 0 Å². The topological polar surface area (TPSA) is 48.9 Å². The molecule has 164 valence electrons. The van der Waals surface area contributed by atoms with Crippen LogP contribution in [-0.2, 0) is 11.3 Å². The average molecular weight is 530 g/mol. The Kier molecular flexibility index (Phi) is 9.93. The number of ether oxygens (including phenoxy) is 1. The summed E-state index contributed by atoms with van der Waals surface area (Å²) in [5.41, 5.74) is 2.70. The van der Waals surface area contributed by atoms with E-state index in [9.17, 15) is 8.78 Å². The minimum absolute atomic E-state index is 0. The van der Waals surface area contributed by atoms with Crippen LogP contribution in [0.4, 0.5) is 8.78 Å². The number of benzene rings is 2. The van der Waals surface area contributed by atoms with Crippen molar-refractivity contribution in [2.24, 2.45) is 4.99 Å². The van der Waals surface area contributed by atoms with E-state index in [-0.39, 0.29) is 42.1 Å². The molecule has 1 aliphatic heterocycles. The van der Waals surface area contributed by atoms with Crippen molar-refractivity contribution in [2.45, 2.75) is 19.5 Å². The number of rotatable bonds is 6. The number of hydrogen-bond donors (Lipinski definition) is 2. The number of nitrogens with one attached hydrogen (secondary N) is 2. The van der Waals surface area contributed by atoms with Gasteiger partial charge in [-0.1, -0.05) is 29.8 Å². The summed E-state index contributed by atoms with van der Waals surface area (Å²) in [5.74, 6) is -0.363. The molecule has 0 aromatic heterocycles. The second-order valence-electron chi connectivity index (χ2n) is 7.12. The Morgan fingerprint density at radius 1 is 1.13 bits per heavy atom. The van der Waals surface area contributed by atoms with Crippen LogP contribution in [0.25, 0.3) is 0 Å². The van der Waals surface area contributed by atoms with E-state index >= 15 is 0 Å². The highest BCUT2D eigenvalue weighted by Gasteiger charge is 2.23. The maximum Gasteiger partial charge on any atom is 0.191 e. The Bertz CT molecular complexity index is 844. The lowest BCUT2D eigenvalue weighted by Gasteiger charge is -2.35. The number of aryl methyl sites for hydroxylation is 1. The van der Waals surface area contributed by atoms with Gasteiger partial charge >= 0.3 is 0 Å². The number of halogens is 3. The van der Waals surface area contributed by atoms with E-state index in [1.54, 1.807) is 7.05 Å². The van der Waals surface area contributed by atoms with Gasteiger partial charge in [0.15, 0.2) is 5.96 Å². The van der Waals surface area contributed by atoms with E-state index in [0.717, 1.165) is 25.2 Å². The molecule has 0 radical (unpaired) electrons. The van der Waals surface area contributed by atoms with Gasteiger partial charge in [0, 0.05) is 38.8 Å². The number of guanidine groups is 1. The molecule has 0 spiro atoms. The van der Waals surface area contributed by atoms with Gasteiger partial charge in [-0.3, -0.25) is 9.89 Å². The lowest BCUT2D eigenvalue weighted by atomic mass is 10.0. The first-order valence-electron chi connectivity index (χ1n) is 9.83. The SMILES string of the molecule is CN=C(NCc1cc(F)ccc1F)NCC(c1cccc(C)c1)N1CCOCC1.I. The second kappa shape index (κ2) is 12.2. The lowest BCUT2D eigenvalue weighted by Crippen LogP contribution is -2.46. The largest absolute Gasteiger partial charge is 0.379 e. The molecule has 3 rings (SSSR count). The van der Waals surface area contributed by atoms with Crippen LogP contribution in [0.5, 0.6) is 0 Å². The van der Waals surface area contributed by atoms with E-state index in [1.807, 2.05) is 0 Å². The van der Waals surface area contributed by atoms with Gasteiger partial charge in [-0.25, -0.2) is 8.78 Å². The van der Waals surface area contributed by atoms with Crippen LogP contribution in [0.1, 0.15) is 22.7 Å². The van der Waals surface area contributed by atoms with Crippen LogP contribution in [0.15, 0.2) is 47.5 Å². The molecular formula is C22H29F2IN4O. The Morgan fingerprint density at radius 3 is 2.60 bits per heavy atom. The Morgan fingerprint density at radius 2 is 1.90 bits per heavy atom. The average Bonchev–Trinajstić information content (AvgIpc) is 2.73. The van der Waals surface area contributed by atoms with E-state index in [4.69, 9.17) is 4.74 Å². The number of nitrogens with zero attached hydrogens (tertiary/aromatic N) is 2. The minimum Gasteiger partial charge on any atom is -0.379 e. The number of aliphatic imine (C=N–C) groups is 1. The third kappa shape index (κ3) is 6.88. The zero-order chi connectivity index (χ0) is 20.6. The fourth-order valence-corrected chi connectivity index (χ4v) is 3.50. The third-order valence-electron chi connectivity index (χ3n) is 5.05. The fraction of sp³-hybridized carbons (Fsp3) is 0.409. The summed E-state index contributed by atoms with van der Waals surface area (Å²) in [4.78, 5) is 6.61. The van der Waals surface area contributed by atoms with Crippen LogP contribution in [-0.4, -0.2) is 50.8 Å². The smallest absolute Gasteiger partial charge is 0.191 e. The Balaban J connectivity index is 0.00000320. The molecule has 0 amide bonds. The first-order chi connectivity index (χ1) is 14.1. The van der Waals surface area contributed by atoms with Crippen molar-refractivity contribution in [3.05, 3.63) is 70.8 Å². The van der Waals surface area contributed by atoms with Crippen molar-refractivity contribution >= 4 is 29.9 Å². The third-order valence-corrected chi connectivity index (χ3v) is 5.05. The molecule has 5 nitrogen and oxygen atoms in total. The molecular weight excluding hydrogens is 501 g/mol. The van der Waals surface area contributed by atoms with Gasteiger partial charge in [0.05, 0.1) is 19.3 Å². The summed E-state index contributed by atoms with van der Waals surface area (Å²) in [7, 11) is 1.66. The molecule has 30 heavy (non-hydrogen) atoms. The molecule has 0 saturated carbocycles. The number of morpholine rings is 1. The summed E-state index contributed by atoms with van der Waals surface area (Å²) >= 11 is 0. The van der Waals surface area contributed by atoms with Crippen LogP contribution < -0.4 is 10.6 Å². The highest BCUT2D eigenvalue weighted by atomic mass is 127. The van der Waals surface area contributed by atoms with E-state index in [1.165, 1.54) is 17.2 Å². The zero-order valence-corrected chi connectivity index (χ0v) is 19.7. The van der Waals surface area contributed by atoms with Gasteiger partial charge in [0.25, 0.3) is 0 Å². The summed E-state index contributed by atoms with van der Waals surface area (Å²) < 4.78 is 32.7. The molecule has 2 N–H and O–H groups in total. The summed E-state index contributed by atoms with van der Waals surface area (Å²) in [6.45, 7) is 6.02. The van der Waals surface area contributed by atoms with Crippen molar-refractivity contribution in [1.82, 2.24) is 15.5 Å². The first kappa shape index (κ1) is 24.5. The molecule has 1 heterocycles. The molecule has 1 aliphatic rings. The van der Waals surface area contributed by atoms with Crippen molar-refractivity contribution < 1.29 is 13.5 Å². The lowest BCUT2D eigenvalue weighted by molar-refractivity contribution is 0.0170. The highest BCUT2D eigenvalue weighted by Crippen LogP contribution is 2.22.